The van der Waals surface area contributed by atoms with Gasteiger partial charge in [-0.05, 0) is 78.1 Å². The molecule has 4 N–H and O–H groups in total. The number of benzene rings is 3. The topological polar surface area (TPSA) is 119 Å². The van der Waals surface area contributed by atoms with Gasteiger partial charge in [0.05, 0.1) is 17.2 Å². The molecule has 2 aliphatic rings. The Bertz CT molecular complexity index is 1610. The van der Waals surface area contributed by atoms with Gasteiger partial charge in [-0.25, -0.2) is 9.78 Å². The second kappa shape index (κ2) is 10.2. The Morgan fingerprint density at radius 2 is 1.79 bits per heavy atom. The molecule has 0 fully saturated rings. The highest BCUT2D eigenvalue weighted by molar-refractivity contribution is 7.80. The monoisotopic (exact) mass is 528 g/mol. The Hall–Kier alpha value is -4.31. The van der Waals surface area contributed by atoms with E-state index in [1.54, 1.807) is 48.3 Å². The Morgan fingerprint density at radius 1 is 1.03 bits per heavy atom. The highest BCUT2D eigenvalue weighted by Gasteiger charge is 2.24. The number of aryl methyl sites for hydroxylation is 2. The van der Waals surface area contributed by atoms with E-state index in [9.17, 15) is 14.4 Å². The maximum Gasteiger partial charge on any atom is 0.321 e. The molecule has 38 heavy (non-hydrogen) atoms. The number of H-pyrrole nitrogens is 1. The molecule has 0 spiro atoms. The van der Waals surface area contributed by atoms with Crippen molar-refractivity contribution in [2.45, 2.75) is 37.9 Å². The molecule has 10 heteroatoms. The van der Waals surface area contributed by atoms with Crippen LogP contribution < -0.4 is 21.5 Å². The summed E-state index contributed by atoms with van der Waals surface area (Å²) >= 11 is 4.53. The number of rotatable bonds is 2. The summed E-state index contributed by atoms with van der Waals surface area (Å²) in [6.45, 7) is 4.57. The molecule has 3 amide bonds. The standard InChI is InChI=1S/C28H28N6O3S/c1-15-8-17-9-16(2)22(15)13-34(3)28(37)33-19-5-7-24(38)18(10-19)12-29-27(36)25(17)32-20-4-6-23-21(11-20)26(35)31-14-30-23/h4-11,14,25,32,38H,12-13H2,1-3H3,(H,29,36)(H,33,37)(H,30,31,35). The van der Waals surface area contributed by atoms with Gasteiger partial charge in [-0.2, -0.15) is 0 Å². The van der Waals surface area contributed by atoms with Gasteiger partial charge in [0.1, 0.15) is 6.04 Å². The second-order valence-electron chi connectivity index (χ2n) is 9.52. The summed E-state index contributed by atoms with van der Waals surface area (Å²) in [7, 11) is 1.75. The summed E-state index contributed by atoms with van der Waals surface area (Å²) in [5.74, 6) is -0.245. The van der Waals surface area contributed by atoms with Crippen LogP contribution in [-0.4, -0.2) is 33.9 Å². The van der Waals surface area contributed by atoms with E-state index in [4.69, 9.17) is 0 Å². The summed E-state index contributed by atoms with van der Waals surface area (Å²) in [5.41, 5.74) is 6.01. The second-order valence-corrected chi connectivity index (χ2v) is 10.0. The van der Waals surface area contributed by atoms with Crippen LogP contribution in [0.25, 0.3) is 10.9 Å². The predicted molar refractivity (Wildman–Crippen MR) is 151 cm³/mol. The molecule has 0 aliphatic carbocycles. The molecular formula is C28H28N6O3S. The summed E-state index contributed by atoms with van der Waals surface area (Å²) in [5, 5.41) is 9.68. The van der Waals surface area contributed by atoms with Crippen LogP contribution in [-0.2, 0) is 17.9 Å². The van der Waals surface area contributed by atoms with Crippen LogP contribution in [0, 0.1) is 13.8 Å². The largest absolute Gasteiger partial charge is 0.370 e. The average Bonchev–Trinajstić information content (AvgIpc) is 2.89. The molecule has 4 aromatic rings. The quantitative estimate of drug-likeness (QED) is 0.249. The van der Waals surface area contributed by atoms with Crippen molar-refractivity contribution in [1.82, 2.24) is 20.2 Å². The number of hydrogen-bond acceptors (Lipinski definition) is 6. The Labute approximate surface area is 225 Å². The van der Waals surface area contributed by atoms with Crippen LogP contribution in [0.15, 0.2) is 64.5 Å². The van der Waals surface area contributed by atoms with Crippen LogP contribution in [0.3, 0.4) is 0 Å². The van der Waals surface area contributed by atoms with Gasteiger partial charge in [0.25, 0.3) is 5.56 Å². The third kappa shape index (κ3) is 5.08. The fourth-order valence-corrected chi connectivity index (χ4v) is 4.90. The summed E-state index contributed by atoms with van der Waals surface area (Å²) in [6, 6.07) is 13.6. The Kier molecular flexibility index (Phi) is 6.81. The van der Waals surface area contributed by atoms with E-state index in [1.165, 1.54) is 6.33 Å². The van der Waals surface area contributed by atoms with E-state index in [-0.39, 0.29) is 24.0 Å². The highest BCUT2D eigenvalue weighted by atomic mass is 32.1. The number of urea groups is 1. The first-order valence-corrected chi connectivity index (χ1v) is 12.6. The van der Waals surface area contributed by atoms with Crippen molar-refractivity contribution in [1.29, 1.82) is 0 Å². The van der Waals surface area contributed by atoms with Gasteiger partial charge in [0.15, 0.2) is 0 Å². The predicted octanol–water partition coefficient (Wildman–Crippen LogP) is 4.28. The number of thiol groups is 1. The summed E-state index contributed by atoms with van der Waals surface area (Å²) in [6.07, 6.45) is 1.36. The first kappa shape index (κ1) is 25.3. The van der Waals surface area contributed by atoms with E-state index < -0.39 is 6.04 Å². The third-order valence-electron chi connectivity index (χ3n) is 6.79. The van der Waals surface area contributed by atoms with E-state index in [0.29, 0.717) is 33.7 Å². The van der Waals surface area contributed by atoms with Crippen LogP contribution >= 0.6 is 12.6 Å². The molecule has 194 valence electrons. The minimum Gasteiger partial charge on any atom is -0.370 e. The molecule has 0 radical (unpaired) electrons. The number of anilines is 2. The van der Waals surface area contributed by atoms with Gasteiger partial charge in [-0.15, -0.1) is 12.6 Å². The van der Waals surface area contributed by atoms with Gasteiger partial charge in [-0.3, -0.25) is 9.59 Å². The maximum absolute atomic E-state index is 13.7. The lowest BCUT2D eigenvalue weighted by Gasteiger charge is -2.24. The molecule has 3 heterocycles. The van der Waals surface area contributed by atoms with E-state index in [1.807, 2.05) is 26.0 Å². The summed E-state index contributed by atoms with van der Waals surface area (Å²) < 4.78 is 0. The zero-order chi connectivity index (χ0) is 27.0. The SMILES string of the molecule is Cc1cc2cc(C)c1CN(C)C(=O)Nc1ccc(S)c(c1)CNC(=O)C2Nc1ccc2nc[nH]c(=O)c2c1. The highest BCUT2D eigenvalue weighted by Crippen LogP contribution is 2.28. The smallest absolute Gasteiger partial charge is 0.321 e. The number of hydrogen-bond donors (Lipinski definition) is 5. The zero-order valence-electron chi connectivity index (χ0n) is 21.3. The van der Waals surface area contributed by atoms with Crippen LogP contribution in [0.4, 0.5) is 16.2 Å². The van der Waals surface area contributed by atoms with Crippen molar-refractivity contribution in [2.75, 3.05) is 17.7 Å². The fraction of sp³-hybridized carbons (Fsp3) is 0.214. The number of carbonyl (C=O) groups excluding carboxylic acids is 2. The molecular weight excluding hydrogens is 500 g/mol. The zero-order valence-corrected chi connectivity index (χ0v) is 22.1. The third-order valence-corrected chi connectivity index (χ3v) is 7.23. The minimum absolute atomic E-state index is 0.215. The lowest BCUT2D eigenvalue weighted by atomic mass is 9.94. The number of aromatic nitrogens is 2. The van der Waals surface area contributed by atoms with E-state index in [2.05, 4.69) is 38.5 Å². The van der Waals surface area contributed by atoms with Crippen molar-refractivity contribution in [3.8, 4) is 0 Å². The van der Waals surface area contributed by atoms with E-state index in [0.717, 1.165) is 27.8 Å². The molecule has 4 bridgehead atoms. The number of nitrogens with one attached hydrogen (secondary N) is 4. The molecule has 0 saturated carbocycles. The lowest BCUT2D eigenvalue weighted by Crippen LogP contribution is -2.33. The van der Waals surface area contributed by atoms with Gasteiger partial charge in [0, 0.05) is 36.4 Å². The van der Waals surface area contributed by atoms with Crippen molar-refractivity contribution >= 4 is 46.8 Å². The summed E-state index contributed by atoms with van der Waals surface area (Å²) in [4.78, 5) is 48.0. The van der Waals surface area contributed by atoms with Crippen LogP contribution in [0.2, 0.25) is 0 Å². The number of amides is 3. The van der Waals surface area contributed by atoms with Gasteiger partial charge < -0.3 is 25.8 Å². The molecule has 0 saturated heterocycles. The molecule has 6 rings (SSSR count). The van der Waals surface area contributed by atoms with Gasteiger partial charge >= 0.3 is 6.03 Å². The van der Waals surface area contributed by atoms with Crippen LogP contribution in [0.5, 0.6) is 0 Å². The molecule has 2 aliphatic heterocycles. The van der Waals surface area contributed by atoms with Crippen molar-refractivity contribution in [2.24, 2.45) is 0 Å². The number of carbonyl (C=O) groups is 2. The van der Waals surface area contributed by atoms with Crippen molar-refractivity contribution in [3.63, 3.8) is 0 Å². The van der Waals surface area contributed by atoms with Crippen LogP contribution in [0.1, 0.15) is 33.9 Å². The average molecular weight is 529 g/mol. The minimum atomic E-state index is -0.746. The Balaban J connectivity index is 1.58. The van der Waals surface area contributed by atoms with Gasteiger partial charge in [0.2, 0.25) is 5.91 Å². The Morgan fingerprint density at radius 3 is 2.55 bits per heavy atom. The first-order valence-electron chi connectivity index (χ1n) is 12.2. The molecule has 1 unspecified atom stereocenters. The lowest BCUT2D eigenvalue weighted by molar-refractivity contribution is -0.122. The molecule has 3 aromatic carbocycles. The molecule has 9 nitrogen and oxygen atoms in total. The molecule has 1 aromatic heterocycles. The van der Waals surface area contributed by atoms with Crippen molar-refractivity contribution in [3.05, 3.63) is 93.0 Å². The van der Waals surface area contributed by atoms with Crippen molar-refractivity contribution < 1.29 is 9.59 Å². The first-order chi connectivity index (χ1) is 18.2. The van der Waals surface area contributed by atoms with Gasteiger partial charge in [-0.1, -0.05) is 12.1 Å². The number of aromatic amines is 1. The van der Waals surface area contributed by atoms with E-state index >= 15 is 0 Å². The molecule has 1 atom stereocenters. The number of fused-ring (bicyclic) bond motifs is 9. The maximum atomic E-state index is 13.7. The number of nitrogens with zero attached hydrogens (tertiary/aromatic N) is 2. The normalized spacial score (nSPS) is 16.0. The fourth-order valence-electron chi connectivity index (χ4n) is 4.69.